The zero-order chi connectivity index (χ0) is 56.4. The van der Waals surface area contributed by atoms with Crippen molar-refractivity contribution >= 4 is 58.6 Å². The minimum Gasteiger partial charge on any atom is -0.370 e. The van der Waals surface area contributed by atoms with Gasteiger partial charge < -0.3 is 31.1 Å². The monoisotopic (exact) mass is 1080 g/mol. The van der Waals surface area contributed by atoms with Gasteiger partial charge in [0.25, 0.3) is 11.8 Å². The number of nitrogens with zero attached hydrogens (tertiary/aromatic N) is 3. The number of hydrogen-bond acceptors (Lipinski definition) is 9. The van der Waals surface area contributed by atoms with Crippen LogP contribution in [0.15, 0.2) is 109 Å². The van der Waals surface area contributed by atoms with Crippen molar-refractivity contribution in [1.29, 1.82) is 0 Å². The quantitative estimate of drug-likeness (QED) is 0.0342. The summed E-state index contributed by atoms with van der Waals surface area (Å²) in [6.07, 6.45) is 4.26. The molecule has 1 unspecified atom stereocenters. The number of halogens is 2. The van der Waals surface area contributed by atoms with Gasteiger partial charge in [0.15, 0.2) is 5.78 Å². The van der Waals surface area contributed by atoms with Crippen molar-refractivity contribution in [3.63, 3.8) is 0 Å². The molecule has 5 atom stereocenters. The molecule has 5 N–H and O–H groups in total. The molecule has 4 aliphatic rings. The summed E-state index contributed by atoms with van der Waals surface area (Å²) in [5.74, 6) is -1.40. The summed E-state index contributed by atoms with van der Waals surface area (Å²) in [6, 6.07) is 24.8. The smallest absolute Gasteiger partial charge is 0.270 e. The van der Waals surface area contributed by atoms with Crippen LogP contribution in [0.5, 0.6) is 0 Å². The lowest BCUT2D eigenvalue weighted by Crippen LogP contribution is -2.57. The molecule has 0 aliphatic carbocycles. The van der Waals surface area contributed by atoms with Crippen LogP contribution in [0.25, 0.3) is 5.57 Å². The molecule has 4 aromatic rings. The van der Waals surface area contributed by atoms with E-state index in [1.165, 1.54) is 45.0 Å². The summed E-state index contributed by atoms with van der Waals surface area (Å²) in [7, 11) is 0. The Balaban J connectivity index is 0.943. The van der Waals surface area contributed by atoms with Crippen LogP contribution in [-0.2, 0) is 50.8 Å². The molecule has 8 amide bonds. The number of allylic oxidation sites excluding steroid dienone is 1. The first-order valence-electron chi connectivity index (χ1n) is 26.9. The van der Waals surface area contributed by atoms with Crippen molar-refractivity contribution < 1.29 is 51.9 Å². The van der Waals surface area contributed by atoms with Gasteiger partial charge in [0.1, 0.15) is 18.1 Å². The zero-order valence-corrected chi connectivity index (χ0v) is 44.3. The third-order valence-electron chi connectivity index (χ3n) is 15.2. The fourth-order valence-electron chi connectivity index (χ4n) is 11.0. The number of carbonyl (C=O) groups excluding carboxylic acids is 9. The molecule has 3 saturated heterocycles. The number of rotatable bonds is 20. The van der Waals surface area contributed by atoms with Gasteiger partial charge in [-0.25, -0.2) is 8.78 Å². The highest BCUT2D eigenvalue weighted by Gasteiger charge is 2.48. The van der Waals surface area contributed by atoms with Crippen molar-refractivity contribution in [2.45, 2.75) is 139 Å². The number of alkyl halides is 2. The van der Waals surface area contributed by atoms with Crippen LogP contribution < -0.4 is 21.7 Å². The normalized spacial score (nSPS) is 19.7. The summed E-state index contributed by atoms with van der Waals surface area (Å²) in [4.78, 5) is 126. The van der Waals surface area contributed by atoms with E-state index in [4.69, 9.17) is 5.73 Å². The Morgan fingerprint density at radius 3 is 2.19 bits per heavy atom. The molecule has 4 aliphatic heterocycles. The molecule has 4 aromatic carbocycles. The summed E-state index contributed by atoms with van der Waals surface area (Å²) in [5, 5.41) is 7.95. The summed E-state index contributed by atoms with van der Waals surface area (Å²) in [6.45, 7) is 2.48. The zero-order valence-electron chi connectivity index (χ0n) is 44.3. The third-order valence-corrected chi connectivity index (χ3v) is 15.2. The number of fused-ring (bicyclic) bond motifs is 2. The summed E-state index contributed by atoms with van der Waals surface area (Å²) < 4.78 is 28.0. The summed E-state index contributed by atoms with van der Waals surface area (Å²) in [5.41, 5.74) is 9.90. The highest BCUT2D eigenvalue weighted by Crippen LogP contribution is 2.33. The molecule has 4 heterocycles. The fraction of sp³-hybridized carbons (Fsp3) is 0.393. The van der Waals surface area contributed by atoms with Crippen molar-refractivity contribution in [2.75, 3.05) is 13.1 Å². The number of piperidine rings is 1. The van der Waals surface area contributed by atoms with Crippen LogP contribution >= 0.6 is 0 Å². The third kappa shape index (κ3) is 14.1. The maximum absolute atomic E-state index is 14.8. The average molecular weight is 1080 g/mol. The first-order chi connectivity index (χ1) is 37.9. The Kier molecular flexibility index (Phi) is 18.3. The van der Waals surface area contributed by atoms with Crippen LogP contribution in [0.4, 0.5) is 8.78 Å². The second kappa shape index (κ2) is 25.4. The number of imide groups is 1. The van der Waals surface area contributed by atoms with E-state index in [0.717, 1.165) is 23.6 Å². The molecule has 0 aromatic heterocycles. The largest absolute Gasteiger partial charge is 0.370 e. The predicted molar refractivity (Wildman–Crippen MR) is 289 cm³/mol. The number of amides is 8. The SMILES string of the molecule is C/C(=C\C(=O)N[C@H]1CN(C(=O)CCCCCC#Cc2cccc3c2CN(C2CCC(=O)NC2=O)C3=O)C[C@H]2CC[C@@H](C(=O)N[C@@H](CCC(N)=O)C(=O)CC(c3ccccc3)c3ccccc3)N2C1=O)c1ccc(C(C)(F)F)cc1. The Morgan fingerprint density at radius 2 is 1.53 bits per heavy atom. The first kappa shape index (κ1) is 56.9. The molecule has 79 heavy (non-hydrogen) atoms. The molecule has 0 saturated carbocycles. The lowest BCUT2D eigenvalue weighted by Gasteiger charge is -2.31. The molecule has 8 rings (SSSR count). The van der Waals surface area contributed by atoms with E-state index >= 15 is 0 Å². The number of benzene rings is 4. The Hall–Kier alpha value is -8.33. The van der Waals surface area contributed by atoms with E-state index in [1.807, 2.05) is 66.7 Å². The molecular formula is C61H65F2N7O9. The number of nitrogens with one attached hydrogen (secondary N) is 3. The number of ketones is 1. The van der Waals surface area contributed by atoms with Gasteiger partial charge in [-0.05, 0) is 85.4 Å². The highest BCUT2D eigenvalue weighted by molar-refractivity contribution is 6.06. The number of unbranched alkanes of at least 4 members (excludes halogenated alkanes) is 3. The van der Waals surface area contributed by atoms with Crippen LogP contribution in [-0.4, -0.2) is 111 Å². The molecular weight excluding hydrogens is 1010 g/mol. The minimum atomic E-state index is -3.07. The van der Waals surface area contributed by atoms with Crippen LogP contribution in [0.1, 0.15) is 141 Å². The number of carbonyl (C=O) groups is 9. The molecule has 0 radical (unpaired) electrons. The van der Waals surface area contributed by atoms with E-state index in [-0.39, 0.29) is 99.6 Å². The number of Topliss-reactive ketones (excluding diaryl/α,β-unsaturated/α-hetero) is 1. The highest BCUT2D eigenvalue weighted by atomic mass is 19.3. The maximum Gasteiger partial charge on any atom is 0.270 e. The van der Waals surface area contributed by atoms with E-state index in [0.29, 0.717) is 54.4 Å². The molecule has 16 nitrogen and oxygen atoms in total. The van der Waals surface area contributed by atoms with Crippen molar-refractivity contribution in [2.24, 2.45) is 5.73 Å². The first-order valence-corrected chi connectivity index (χ1v) is 26.9. The van der Waals surface area contributed by atoms with Gasteiger partial charge in [-0.1, -0.05) is 109 Å². The van der Waals surface area contributed by atoms with Crippen molar-refractivity contribution in [3.8, 4) is 11.8 Å². The van der Waals surface area contributed by atoms with Crippen LogP contribution in [0.3, 0.4) is 0 Å². The topological polar surface area (TPSA) is 225 Å². The van der Waals surface area contributed by atoms with Gasteiger partial charge >= 0.3 is 0 Å². The molecule has 18 heteroatoms. The van der Waals surface area contributed by atoms with Gasteiger partial charge in [-0.2, -0.15) is 0 Å². The minimum absolute atomic E-state index is 0.0124. The maximum atomic E-state index is 14.8. The second-order valence-corrected chi connectivity index (χ2v) is 20.9. The average Bonchev–Trinajstić information content (AvgIpc) is 4.23. The summed E-state index contributed by atoms with van der Waals surface area (Å²) >= 11 is 0. The van der Waals surface area contributed by atoms with Gasteiger partial charge in [-0.3, -0.25) is 48.5 Å². The Labute approximate surface area is 457 Å². The molecule has 3 fully saturated rings. The number of primary amides is 1. The van der Waals surface area contributed by atoms with Gasteiger partial charge in [0.05, 0.1) is 12.1 Å². The van der Waals surface area contributed by atoms with E-state index in [9.17, 15) is 51.9 Å². The Morgan fingerprint density at radius 1 is 0.835 bits per heavy atom. The van der Waals surface area contributed by atoms with Gasteiger partial charge in [0.2, 0.25) is 41.4 Å². The van der Waals surface area contributed by atoms with Gasteiger partial charge in [-0.15, -0.1) is 0 Å². The van der Waals surface area contributed by atoms with Crippen LogP contribution in [0.2, 0.25) is 0 Å². The standard InChI is InChI=1S/C61H65F2N7O9/c1-38(39-23-25-43(26-24-39)61(2,62)63)33-55(74)65-49-37-68(56(75)22-13-5-3-4-8-19-42-20-14-21-45-47(42)36-69(59(45)78)50-30-32-54(73)67-57(50)76)35-44-27-29-51(70(44)60(49)79)58(77)66-48(28-31-53(64)72)52(71)34-46(40-15-9-6-10-16-40)41-17-11-7-12-18-41/h6-7,9-12,14-18,20-21,23-26,33,44,46,48-51H,3-5,13,22,27-32,34-37H2,1-2H3,(H2,64,72)(H,65,74)(H,66,77)(H,67,73,76)/b38-33+/t44-,48+,49+,50?,51+/m1/s1. The van der Waals surface area contributed by atoms with E-state index in [1.54, 1.807) is 19.1 Å². The molecule has 412 valence electrons. The van der Waals surface area contributed by atoms with E-state index in [2.05, 4.69) is 27.8 Å². The van der Waals surface area contributed by atoms with Crippen LogP contribution in [0, 0.1) is 11.8 Å². The fourth-order valence-corrected chi connectivity index (χ4v) is 11.0. The lowest BCUT2D eigenvalue weighted by molar-refractivity contribution is -0.142. The predicted octanol–water partition coefficient (Wildman–Crippen LogP) is 6.19. The van der Waals surface area contributed by atoms with Gasteiger partial charge in [0, 0.05) is 87.3 Å². The Bertz CT molecular complexity index is 3040. The second-order valence-electron chi connectivity index (χ2n) is 20.9. The number of hydrogen-bond donors (Lipinski definition) is 4. The molecule has 0 bridgehead atoms. The van der Waals surface area contributed by atoms with Crippen molar-refractivity contribution in [1.82, 2.24) is 30.7 Å². The van der Waals surface area contributed by atoms with Crippen molar-refractivity contribution in [3.05, 3.63) is 148 Å². The van der Waals surface area contributed by atoms with E-state index < -0.39 is 65.7 Å². The molecule has 0 spiro atoms. The number of nitrogens with two attached hydrogens (primary N) is 1. The lowest BCUT2D eigenvalue weighted by atomic mass is 9.85.